The number of benzene rings is 1. The standard InChI is InChI=1S/C18H24N2O3S/c1-2-18(21)20-8-7-14-11-15(5-6-17(14)20)24(22,23)19-16-10-12-3-4-13(16)9-12/h5-6,11-13,16,19H,2-4,7-10H2,1H3/t12-,13-,16-/m0/s1. The molecule has 2 bridgehead atoms. The first kappa shape index (κ1) is 16.1. The summed E-state index contributed by atoms with van der Waals surface area (Å²) in [7, 11) is -3.48. The topological polar surface area (TPSA) is 66.5 Å². The maximum absolute atomic E-state index is 12.7. The van der Waals surface area contributed by atoms with Crippen LogP contribution in [0.1, 0.15) is 44.6 Å². The molecule has 3 aliphatic rings. The van der Waals surface area contributed by atoms with Gasteiger partial charge in [0.1, 0.15) is 0 Å². The molecule has 0 spiro atoms. The molecule has 0 unspecified atom stereocenters. The lowest BCUT2D eigenvalue weighted by atomic mass is 9.96. The normalized spacial score (nSPS) is 28.4. The second-order valence-corrected chi connectivity index (χ2v) is 9.06. The van der Waals surface area contributed by atoms with Crippen LogP contribution in [0, 0.1) is 11.8 Å². The molecular weight excluding hydrogens is 324 g/mol. The Balaban J connectivity index is 1.55. The largest absolute Gasteiger partial charge is 0.312 e. The van der Waals surface area contributed by atoms with Crippen LogP contribution < -0.4 is 9.62 Å². The summed E-state index contributed by atoms with van der Waals surface area (Å²) in [6, 6.07) is 5.26. The van der Waals surface area contributed by atoms with Gasteiger partial charge in [0.25, 0.3) is 0 Å². The van der Waals surface area contributed by atoms with Gasteiger partial charge in [0, 0.05) is 24.7 Å². The maximum Gasteiger partial charge on any atom is 0.240 e. The van der Waals surface area contributed by atoms with Crippen LogP contribution in [0.3, 0.4) is 0 Å². The van der Waals surface area contributed by atoms with E-state index < -0.39 is 10.0 Å². The summed E-state index contributed by atoms with van der Waals surface area (Å²) in [5, 5.41) is 0. The zero-order valence-corrected chi connectivity index (χ0v) is 14.8. The summed E-state index contributed by atoms with van der Waals surface area (Å²) in [5.74, 6) is 1.30. The first-order valence-electron chi connectivity index (χ1n) is 8.93. The van der Waals surface area contributed by atoms with Crippen LogP contribution in [-0.4, -0.2) is 26.9 Å². The summed E-state index contributed by atoms with van der Waals surface area (Å²) in [6.45, 7) is 2.49. The molecule has 1 aliphatic heterocycles. The number of nitrogens with zero attached hydrogens (tertiary/aromatic N) is 1. The van der Waals surface area contributed by atoms with Gasteiger partial charge in [-0.05, 0) is 61.3 Å². The monoisotopic (exact) mass is 348 g/mol. The lowest BCUT2D eigenvalue weighted by molar-refractivity contribution is -0.118. The van der Waals surface area contributed by atoms with E-state index in [4.69, 9.17) is 0 Å². The Morgan fingerprint density at radius 1 is 1.29 bits per heavy atom. The minimum atomic E-state index is -3.48. The Hall–Kier alpha value is -1.40. The van der Waals surface area contributed by atoms with Gasteiger partial charge in [-0.3, -0.25) is 4.79 Å². The molecule has 1 N–H and O–H groups in total. The van der Waals surface area contributed by atoms with E-state index in [0.717, 1.165) is 30.5 Å². The number of anilines is 1. The van der Waals surface area contributed by atoms with E-state index in [-0.39, 0.29) is 11.9 Å². The lowest BCUT2D eigenvalue weighted by Crippen LogP contribution is -2.38. The number of sulfonamides is 1. The van der Waals surface area contributed by atoms with Crippen molar-refractivity contribution in [2.24, 2.45) is 11.8 Å². The average molecular weight is 348 g/mol. The molecular formula is C18H24N2O3S. The minimum absolute atomic E-state index is 0.0875. The first-order chi connectivity index (χ1) is 11.5. The van der Waals surface area contributed by atoms with Crippen molar-refractivity contribution >= 4 is 21.6 Å². The number of hydrogen-bond donors (Lipinski definition) is 1. The molecule has 130 valence electrons. The fraction of sp³-hybridized carbons (Fsp3) is 0.611. The van der Waals surface area contributed by atoms with Gasteiger partial charge in [0.05, 0.1) is 4.90 Å². The van der Waals surface area contributed by atoms with Gasteiger partial charge in [-0.2, -0.15) is 0 Å². The van der Waals surface area contributed by atoms with Crippen molar-refractivity contribution in [2.45, 2.75) is 56.4 Å². The van der Waals surface area contributed by atoms with Gasteiger partial charge in [0.2, 0.25) is 15.9 Å². The first-order valence-corrected chi connectivity index (χ1v) is 10.4. The van der Waals surface area contributed by atoms with Crippen molar-refractivity contribution in [1.82, 2.24) is 4.72 Å². The van der Waals surface area contributed by atoms with Crippen molar-refractivity contribution < 1.29 is 13.2 Å². The number of amides is 1. The highest BCUT2D eigenvalue weighted by molar-refractivity contribution is 7.89. The van der Waals surface area contributed by atoms with E-state index in [9.17, 15) is 13.2 Å². The van der Waals surface area contributed by atoms with E-state index in [1.165, 1.54) is 12.8 Å². The second kappa shape index (κ2) is 5.85. The number of nitrogens with one attached hydrogen (secondary N) is 1. The molecule has 1 aromatic carbocycles. The molecule has 5 nitrogen and oxygen atoms in total. The minimum Gasteiger partial charge on any atom is -0.312 e. The molecule has 1 aromatic rings. The fourth-order valence-electron chi connectivity index (χ4n) is 4.65. The number of rotatable bonds is 4. The second-order valence-electron chi connectivity index (χ2n) is 7.34. The molecule has 2 fully saturated rings. The molecule has 2 aliphatic carbocycles. The van der Waals surface area contributed by atoms with E-state index in [1.54, 1.807) is 23.1 Å². The SMILES string of the molecule is CCC(=O)N1CCc2cc(S(=O)(=O)N[C@H]3C[C@H]4CC[C@H]3C4)ccc21. The Bertz CT molecular complexity index is 774. The molecule has 4 rings (SSSR count). The van der Waals surface area contributed by atoms with Crippen LogP contribution in [0.2, 0.25) is 0 Å². The Morgan fingerprint density at radius 3 is 2.79 bits per heavy atom. The number of hydrogen-bond acceptors (Lipinski definition) is 3. The van der Waals surface area contributed by atoms with Crippen LogP contribution in [0.15, 0.2) is 23.1 Å². The summed E-state index contributed by atoms with van der Waals surface area (Å²) in [6.07, 6.45) is 5.74. The highest BCUT2D eigenvalue weighted by Crippen LogP contribution is 2.45. The van der Waals surface area contributed by atoms with E-state index >= 15 is 0 Å². The average Bonchev–Trinajstić information content (AvgIpc) is 3.27. The summed E-state index contributed by atoms with van der Waals surface area (Å²) >= 11 is 0. The lowest BCUT2D eigenvalue weighted by Gasteiger charge is -2.23. The summed E-state index contributed by atoms with van der Waals surface area (Å²) < 4.78 is 28.4. The molecule has 0 radical (unpaired) electrons. The van der Waals surface area contributed by atoms with Crippen LogP contribution in [0.5, 0.6) is 0 Å². The third-order valence-electron chi connectivity index (χ3n) is 5.90. The molecule has 1 amide bonds. The zero-order chi connectivity index (χ0) is 16.9. The smallest absolute Gasteiger partial charge is 0.240 e. The Kier molecular flexibility index (Phi) is 3.92. The van der Waals surface area contributed by atoms with Crippen LogP contribution in [0.25, 0.3) is 0 Å². The van der Waals surface area contributed by atoms with Crippen molar-refractivity contribution in [3.05, 3.63) is 23.8 Å². The molecule has 6 heteroatoms. The number of carbonyl (C=O) groups is 1. The van der Waals surface area contributed by atoms with E-state index in [2.05, 4.69) is 4.72 Å². The van der Waals surface area contributed by atoms with Crippen LogP contribution >= 0.6 is 0 Å². The van der Waals surface area contributed by atoms with Gasteiger partial charge in [-0.15, -0.1) is 0 Å². The van der Waals surface area contributed by atoms with Crippen molar-refractivity contribution in [1.29, 1.82) is 0 Å². The van der Waals surface area contributed by atoms with Crippen molar-refractivity contribution in [3.8, 4) is 0 Å². The van der Waals surface area contributed by atoms with Gasteiger partial charge >= 0.3 is 0 Å². The number of carbonyl (C=O) groups excluding carboxylic acids is 1. The summed E-state index contributed by atoms with van der Waals surface area (Å²) in [4.78, 5) is 14.0. The predicted octanol–water partition coefficient (Wildman–Crippen LogP) is 2.45. The number of fused-ring (bicyclic) bond motifs is 3. The quantitative estimate of drug-likeness (QED) is 0.909. The van der Waals surface area contributed by atoms with E-state index in [1.807, 2.05) is 6.92 Å². The van der Waals surface area contributed by atoms with Gasteiger partial charge in [-0.1, -0.05) is 13.3 Å². The van der Waals surface area contributed by atoms with Gasteiger partial charge < -0.3 is 4.90 Å². The van der Waals surface area contributed by atoms with Gasteiger partial charge in [-0.25, -0.2) is 13.1 Å². The molecule has 1 heterocycles. The third-order valence-corrected chi connectivity index (χ3v) is 7.39. The zero-order valence-electron chi connectivity index (χ0n) is 14.0. The summed E-state index contributed by atoms with van der Waals surface area (Å²) in [5.41, 5.74) is 1.81. The Labute approximate surface area is 143 Å². The van der Waals surface area contributed by atoms with Crippen molar-refractivity contribution in [2.75, 3.05) is 11.4 Å². The maximum atomic E-state index is 12.7. The van der Waals surface area contributed by atoms with Crippen LogP contribution in [0.4, 0.5) is 5.69 Å². The van der Waals surface area contributed by atoms with Crippen molar-refractivity contribution in [3.63, 3.8) is 0 Å². The fourth-order valence-corrected chi connectivity index (χ4v) is 6.02. The Morgan fingerprint density at radius 2 is 2.12 bits per heavy atom. The van der Waals surface area contributed by atoms with E-state index in [0.29, 0.717) is 29.7 Å². The molecule has 0 aromatic heterocycles. The molecule has 0 saturated heterocycles. The highest BCUT2D eigenvalue weighted by Gasteiger charge is 2.41. The third kappa shape index (κ3) is 2.65. The van der Waals surface area contributed by atoms with Crippen LogP contribution in [-0.2, 0) is 21.2 Å². The molecule has 2 saturated carbocycles. The van der Waals surface area contributed by atoms with Gasteiger partial charge in [0.15, 0.2) is 0 Å². The predicted molar refractivity (Wildman–Crippen MR) is 92.3 cm³/mol. The molecule has 24 heavy (non-hydrogen) atoms. The molecule has 3 atom stereocenters. The highest BCUT2D eigenvalue weighted by atomic mass is 32.2.